The van der Waals surface area contributed by atoms with Gasteiger partial charge in [-0.2, -0.15) is 0 Å². The average molecular weight is 277 g/mol. The fraction of sp³-hybridized carbons (Fsp3) is 0.500. The summed E-state index contributed by atoms with van der Waals surface area (Å²) < 4.78 is 0. The Hall–Kier alpha value is -1.95. The van der Waals surface area contributed by atoms with Crippen LogP contribution >= 0.6 is 0 Å². The van der Waals surface area contributed by atoms with Crippen molar-refractivity contribution in [2.45, 2.75) is 26.2 Å². The molecule has 0 spiro atoms. The van der Waals surface area contributed by atoms with Crippen LogP contribution in [0.1, 0.15) is 25.3 Å². The molecule has 0 fully saturated rings. The third-order valence-electron chi connectivity index (χ3n) is 3.60. The summed E-state index contributed by atoms with van der Waals surface area (Å²) >= 11 is 0. The first-order chi connectivity index (χ1) is 9.52. The van der Waals surface area contributed by atoms with Crippen LogP contribution in [0, 0.1) is 16.0 Å². The molecule has 0 saturated carbocycles. The number of carbonyl (C=O) groups is 1. The van der Waals surface area contributed by atoms with E-state index in [4.69, 9.17) is 5.73 Å². The summed E-state index contributed by atoms with van der Waals surface area (Å²) in [5.41, 5.74) is 7.36. The zero-order valence-corrected chi connectivity index (χ0v) is 11.5. The first kappa shape index (κ1) is 14.5. The molecule has 0 aromatic heterocycles. The highest BCUT2D eigenvalue weighted by Gasteiger charge is 2.24. The molecule has 1 aliphatic heterocycles. The Morgan fingerprint density at radius 3 is 2.85 bits per heavy atom. The molecule has 0 saturated heterocycles. The Balaban J connectivity index is 2.38. The Kier molecular flexibility index (Phi) is 4.34. The molecule has 1 atom stereocenters. The van der Waals surface area contributed by atoms with E-state index in [1.54, 1.807) is 17.0 Å². The summed E-state index contributed by atoms with van der Waals surface area (Å²) in [7, 11) is 0. The maximum Gasteiger partial charge on any atom is 0.269 e. The number of fused-ring (bicyclic) bond motifs is 1. The summed E-state index contributed by atoms with van der Waals surface area (Å²) in [6, 6.07) is 4.71. The highest BCUT2D eigenvalue weighted by atomic mass is 16.6. The lowest BCUT2D eigenvalue weighted by Gasteiger charge is -2.25. The fourth-order valence-electron chi connectivity index (χ4n) is 2.43. The van der Waals surface area contributed by atoms with E-state index >= 15 is 0 Å². The smallest absolute Gasteiger partial charge is 0.269 e. The van der Waals surface area contributed by atoms with Crippen LogP contribution in [0.15, 0.2) is 18.2 Å². The standard InChI is InChI=1S/C14H19N3O3/c1-10(8-15)9-16-13-6-5-12(17(19)20)7-11(13)3-2-4-14(16)18/h5-7,10H,2-4,8-9,15H2,1H3. The molecule has 1 heterocycles. The van der Waals surface area contributed by atoms with Crippen molar-refractivity contribution in [2.24, 2.45) is 11.7 Å². The lowest BCUT2D eigenvalue weighted by Crippen LogP contribution is -2.36. The second-order valence-electron chi connectivity index (χ2n) is 5.27. The van der Waals surface area contributed by atoms with Crippen LogP contribution < -0.4 is 10.6 Å². The number of nitrogens with two attached hydrogens (primary N) is 1. The van der Waals surface area contributed by atoms with Crippen molar-refractivity contribution >= 4 is 17.3 Å². The number of benzene rings is 1. The molecule has 6 nitrogen and oxygen atoms in total. The van der Waals surface area contributed by atoms with Crippen LogP contribution in [-0.2, 0) is 11.2 Å². The Labute approximate surface area is 117 Å². The minimum atomic E-state index is -0.403. The van der Waals surface area contributed by atoms with E-state index in [0.717, 1.165) is 17.7 Å². The SMILES string of the molecule is CC(CN)CN1C(=O)CCCc2cc([N+](=O)[O-])ccc21. The molecular weight excluding hydrogens is 258 g/mol. The van der Waals surface area contributed by atoms with Crippen LogP contribution in [0.25, 0.3) is 0 Å². The number of carbonyl (C=O) groups excluding carboxylic acids is 1. The van der Waals surface area contributed by atoms with Gasteiger partial charge in [0.1, 0.15) is 0 Å². The maximum atomic E-state index is 12.2. The molecule has 1 unspecified atom stereocenters. The van der Waals surface area contributed by atoms with Gasteiger partial charge in [0.2, 0.25) is 5.91 Å². The number of rotatable bonds is 4. The molecule has 1 amide bonds. The normalized spacial score (nSPS) is 16.5. The summed E-state index contributed by atoms with van der Waals surface area (Å²) in [6.45, 7) is 3.05. The largest absolute Gasteiger partial charge is 0.330 e. The highest BCUT2D eigenvalue weighted by molar-refractivity contribution is 5.95. The topological polar surface area (TPSA) is 89.5 Å². The van der Waals surface area contributed by atoms with E-state index in [1.807, 2.05) is 6.92 Å². The Morgan fingerprint density at radius 1 is 1.45 bits per heavy atom. The molecule has 0 aliphatic carbocycles. The van der Waals surface area contributed by atoms with Gasteiger partial charge < -0.3 is 10.6 Å². The molecule has 0 radical (unpaired) electrons. The quantitative estimate of drug-likeness (QED) is 0.672. The number of amides is 1. The number of nitrogens with zero attached hydrogens (tertiary/aromatic N) is 2. The first-order valence-corrected chi connectivity index (χ1v) is 6.80. The zero-order valence-electron chi connectivity index (χ0n) is 11.5. The first-order valence-electron chi connectivity index (χ1n) is 6.80. The van der Waals surface area contributed by atoms with Gasteiger partial charge in [-0.25, -0.2) is 0 Å². The van der Waals surface area contributed by atoms with Crippen molar-refractivity contribution in [3.8, 4) is 0 Å². The van der Waals surface area contributed by atoms with E-state index in [1.165, 1.54) is 6.07 Å². The van der Waals surface area contributed by atoms with Gasteiger partial charge in [0.15, 0.2) is 0 Å². The van der Waals surface area contributed by atoms with E-state index in [9.17, 15) is 14.9 Å². The monoisotopic (exact) mass is 277 g/mol. The number of anilines is 1. The summed E-state index contributed by atoms with van der Waals surface area (Å²) in [4.78, 5) is 24.4. The summed E-state index contributed by atoms with van der Waals surface area (Å²) in [5.74, 6) is 0.262. The molecule has 2 N–H and O–H groups in total. The average Bonchev–Trinajstić information content (AvgIpc) is 2.58. The third-order valence-corrected chi connectivity index (χ3v) is 3.60. The highest BCUT2D eigenvalue weighted by Crippen LogP contribution is 2.30. The van der Waals surface area contributed by atoms with Gasteiger partial charge in [-0.05, 0) is 36.9 Å². The Bertz CT molecular complexity index is 530. The third kappa shape index (κ3) is 2.96. The minimum Gasteiger partial charge on any atom is -0.330 e. The summed E-state index contributed by atoms with van der Waals surface area (Å²) in [5, 5.41) is 10.9. The molecular formula is C14H19N3O3. The second kappa shape index (κ2) is 6.00. The molecule has 0 bridgehead atoms. The van der Waals surface area contributed by atoms with Crippen LogP contribution in [0.3, 0.4) is 0 Å². The molecule has 2 rings (SSSR count). The van der Waals surface area contributed by atoms with Crippen LogP contribution in [0.4, 0.5) is 11.4 Å². The van der Waals surface area contributed by atoms with Crippen molar-refractivity contribution in [2.75, 3.05) is 18.0 Å². The maximum absolute atomic E-state index is 12.2. The fourth-order valence-corrected chi connectivity index (χ4v) is 2.43. The van der Waals surface area contributed by atoms with Crippen molar-refractivity contribution in [1.29, 1.82) is 0 Å². The van der Waals surface area contributed by atoms with E-state index in [0.29, 0.717) is 25.9 Å². The van der Waals surface area contributed by atoms with Crippen molar-refractivity contribution < 1.29 is 9.72 Å². The number of hydrogen-bond acceptors (Lipinski definition) is 4. The van der Waals surface area contributed by atoms with Gasteiger partial charge in [-0.15, -0.1) is 0 Å². The molecule has 6 heteroatoms. The van der Waals surface area contributed by atoms with Gasteiger partial charge in [0, 0.05) is 30.8 Å². The van der Waals surface area contributed by atoms with Gasteiger partial charge >= 0.3 is 0 Å². The minimum absolute atomic E-state index is 0.0675. The van der Waals surface area contributed by atoms with E-state index in [-0.39, 0.29) is 17.5 Å². The number of aryl methyl sites for hydroxylation is 1. The number of non-ortho nitro benzene ring substituents is 1. The number of hydrogen-bond donors (Lipinski definition) is 1. The number of nitro benzene ring substituents is 1. The molecule has 1 aliphatic rings. The predicted molar refractivity (Wildman–Crippen MR) is 76.6 cm³/mol. The lowest BCUT2D eigenvalue weighted by molar-refractivity contribution is -0.384. The van der Waals surface area contributed by atoms with Crippen LogP contribution in [-0.4, -0.2) is 23.9 Å². The van der Waals surface area contributed by atoms with Crippen LogP contribution in [0.5, 0.6) is 0 Å². The zero-order chi connectivity index (χ0) is 14.7. The van der Waals surface area contributed by atoms with Crippen molar-refractivity contribution in [3.63, 3.8) is 0 Å². The molecule has 1 aromatic rings. The van der Waals surface area contributed by atoms with Gasteiger partial charge in [-0.3, -0.25) is 14.9 Å². The molecule has 20 heavy (non-hydrogen) atoms. The summed E-state index contributed by atoms with van der Waals surface area (Å²) in [6.07, 6.45) is 1.89. The second-order valence-corrected chi connectivity index (χ2v) is 5.27. The van der Waals surface area contributed by atoms with E-state index in [2.05, 4.69) is 0 Å². The molecule has 108 valence electrons. The predicted octanol–water partition coefficient (Wildman–Crippen LogP) is 1.86. The van der Waals surface area contributed by atoms with Crippen molar-refractivity contribution in [1.82, 2.24) is 0 Å². The number of nitro groups is 1. The van der Waals surface area contributed by atoms with Crippen molar-refractivity contribution in [3.05, 3.63) is 33.9 Å². The van der Waals surface area contributed by atoms with Gasteiger partial charge in [0.25, 0.3) is 5.69 Å². The van der Waals surface area contributed by atoms with Crippen LogP contribution in [0.2, 0.25) is 0 Å². The van der Waals surface area contributed by atoms with E-state index < -0.39 is 4.92 Å². The molecule has 1 aromatic carbocycles. The van der Waals surface area contributed by atoms with Gasteiger partial charge in [0.05, 0.1) is 4.92 Å². The lowest BCUT2D eigenvalue weighted by atomic mass is 10.1. The van der Waals surface area contributed by atoms with Gasteiger partial charge in [-0.1, -0.05) is 6.92 Å². The Morgan fingerprint density at radius 2 is 2.20 bits per heavy atom.